The maximum atomic E-state index is 13.6. The second kappa shape index (κ2) is 9.29. The average Bonchev–Trinajstić information content (AvgIpc) is 3.45. The van der Waals surface area contributed by atoms with E-state index in [4.69, 9.17) is 21.7 Å². The van der Waals surface area contributed by atoms with E-state index in [1.165, 1.54) is 0 Å². The number of aromatic nitrogens is 2. The summed E-state index contributed by atoms with van der Waals surface area (Å²) in [6.45, 7) is 7.74. The van der Waals surface area contributed by atoms with Gasteiger partial charge >= 0.3 is 0 Å². The molecule has 0 radical (unpaired) electrons. The monoisotopic (exact) mass is 494 g/mol. The molecule has 2 saturated heterocycles. The average molecular weight is 495 g/mol. The van der Waals surface area contributed by atoms with Crippen LogP contribution in [0.3, 0.4) is 0 Å². The van der Waals surface area contributed by atoms with Gasteiger partial charge in [0.1, 0.15) is 5.84 Å². The van der Waals surface area contributed by atoms with Gasteiger partial charge in [0.15, 0.2) is 5.82 Å². The minimum atomic E-state index is -0.664. The van der Waals surface area contributed by atoms with Crippen LogP contribution in [0.1, 0.15) is 66.8 Å². The summed E-state index contributed by atoms with van der Waals surface area (Å²) in [6, 6.07) is 9.66. The van der Waals surface area contributed by atoms with Crippen LogP contribution in [0.25, 0.3) is 0 Å². The fourth-order valence-corrected chi connectivity index (χ4v) is 5.69. The van der Waals surface area contributed by atoms with Crippen molar-refractivity contribution < 1.29 is 9.90 Å². The number of aryl methyl sites for hydroxylation is 1. The smallest absolute Gasteiger partial charge is 0.255 e. The number of halogens is 1. The number of carbonyl (C=O) groups excluding carboxylic acids is 1. The number of aliphatic hydroxyl groups excluding tert-OH is 1. The number of fused-ring (bicyclic) bond motifs is 1. The van der Waals surface area contributed by atoms with Gasteiger partial charge in [-0.15, -0.1) is 0 Å². The molecule has 2 fully saturated rings. The fraction of sp³-hybridized carbons (Fsp3) is 0.538. The Labute approximate surface area is 210 Å². The third-order valence-corrected chi connectivity index (χ3v) is 8.05. The number of carbonyl (C=O) groups is 1. The van der Waals surface area contributed by atoms with Crippen molar-refractivity contribution in [1.29, 1.82) is 5.26 Å². The molecule has 35 heavy (non-hydrogen) atoms. The zero-order valence-electron chi connectivity index (χ0n) is 20.4. The minimum absolute atomic E-state index is 0.0588. The number of amidine groups is 1. The molecule has 5 atom stereocenters. The summed E-state index contributed by atoms with van der Waals surface area (Å²) < 4.78 is 1.95. The second-order valence-electron chi connectivity index (χ2n) is 10.1. The summed E-state index contributed by atoms with van der Waals surface area (Å²) in [4.78, 5) is 22.4. The SMILES string of the molecule is Cc1ccc(Cl)c(C(=O)N2CCCC[C@H]2c2cc3n(n2)C(C)C(C)C(N2C[C@@H](C#N)[C@@H](O)C2)=N3)c1. The Hall–Kier alpha value is -2.89. The Bertz CT molecular complexity index is 1220. The van der Waals surface area contributed by atoms with Crippen molar-refractivity contribution in [2.24, 2.45) is 16.8 Å². The van der Waals surface area contributed by atoms with Crippen molar-refractivity contribution in [3.8, 4) is 6.07 Å². The molecule has 1 amide bonds. The molecule has 9 heteroatoms. The highest BCUT2D eigenvalue weighted by Gasteiger charge is 2.39. The van der Waals surface area contributed by atoms with E-state index < -0.39 is 12.0 Å². The Morgan fingerprint density at radius 3 is 2.77 bits per heavy atom. The number of nitriles is 1. The molecule has 5 rings (SSSR count). The fourth-order valence-electron chi connectivity index (χ4n) is 5.49. The van der Waals surface area contributed by atoms with Crippen LogP contribution in [-0.4, -0.2) is 62.2 Å². The van der Waals surface area contributed by atoms with Gasteiger partial charge in [-0.3, -0.25) is 4.79 Å². The van der Waals surface area contributed by atoms with Crippen molar-refractivity contribution in [2.75, 3.05) is 19.6 Å². The van der Waals surface area contributed by atoms with Gasteiger partial charge in [-0.05, 0) is 45.2 Å². The Morgan fingerprint density at radius 2 is 2.03 bits per heavy atom. The molecule has 8 nitrogen and oxygen atoms in total. The van der Waals surface area contributed by atoms with Crippen LogP contribution in [0.15, 0.2) is 29.3 Å². The highest BCUT2D eigenvalue weighted by molar-refractivity contribution is 6.33. The number of amides is 1. The van der Waals surface area contributed by atoms with Crippen LogP contribution in [0.2, 0.25) is 5.02 Å². The van der Waals surface area contributed by atoms with Crippen LogP contribution in [0.4, 0.5) is 5.82 Å². The second-order valence-corrected chi connectivity index (χ2v) is 10.5. The number of aliphatic hydroxyl groups is 1. The molecule has 0 bridgehead atoms. The zero-order valence-corrected chi connectivity index (χ0v) is 21.1. The first-order valence-corrected chi connectivity index (χ1v) is 12.7. The maximum absolute atomic E-state index is 13.6. The molecule has 1 aromatic heterocycles. The summed E-state index contributed by atoms with van der Waals surface area (Å²) in [6.07, 6.45) is 2.16. The number of β-amino-alcohol motifs (C(OH)–C–C–N with tert-alkyl or cyclic N) is 1. The van der Waals surface area contributed by atoms with Crippen molar-refractivity contribution in [1.82, 2.24) is 19.6 Å². The first kappa shape index (κ1) is 23.8. The van der Waals surface area contributed by atoms with E-state index in [-0.39, 0.29) is 23.9 Å². The minimum Gasteiger partial charge on any atom is -0.390 e. The number of hydrogen-bond donors (Lipinski definition) is 1. The van der Waals surface area contributed by atoms with E-state index in [9.17, 15) is 15.2 Å². The summed E-state index contributed by atoms with van der Waals surface area (Å²) in [5, 5.41) is 25.0. The Balaban J connectivity index is 1.46. The lowest BCUT2D eigenvalue weighted by atomic mass is 9.97. The zero-order chi connectivity index (χ0) is 24.9. The quantitative estimate of drug-likeness (QED) is 0.672. The molecule has 2 unspecified atom stereocenters. The number of likely N-dealkylation sites (tertiary alicyclic amines) is 2. The number of benzene rings is 1. The van der Waals surface area contributed by atoms with Crippen molar-refractivity contribution in [2.45, 2.75) is 58.2 Å². The van der Waals surface area contributed by atoms with E-state index in [2.05, 4.69) is 19.9 Å². The largest absolute Gasteiger partial charge is 0.390 e. The molecular weight excluding hydrogens is 464 g/mol. The van der Waals surface area contributed by atoms with Crippen LogP contribution in [0.5, 0.6) is 0 Å². The van der Waals surface area contributed by atoms with Gasteiger partial charge in [-0.2, -0.15) is 10.4 Å². The van der Waals surface area contributed by atoms with Gasteiger partial charge < -0.3 is 14.9 Å². The van der Waals surface area contributed by atoms with E-state index in [0.29, 0.717) is 30.2 Å². The third kappa shape index (κ3) is 4.21. The number of hydrogen-bond acceptors (Lipinski definition) is 6. The number of piperidine rings is 1. The van der Waals surface area contributed by atoms with E-state index >= 15 is 0 Å². The standard InChI is InChI=1S/C26H31ClN6O2/c1-15-7-8-20(27)19(10-15)26(35)32-9-5-4-6-22(32)21-11-24-29-25(16(2)17(3)33(24)30-21)31-13-18(12-28)23(34)14-31/h7-8,10-11,16-18,22-23,34H,4-6,9,13-14H2,1-3H3/t16?,17?,18-,22+,23+/m1/s1. The van der Waals surface area contributed by atoms with Gasteiger partial charge in [0.2, 0.25) is 0 Å². The Morgan fingerprint density at radius 1 is 1.23 bits per heavy atom. The highest BCUT2D eigenvalue weighted by Crippen LogP contribution is 2.39. The molecule has 184 valence electrons. The van der Waals surface area contributed by atoms with Gasteiger partial charge in [-0.25, -0.2) is 9.67 Å². The van der Waals surface area contributed by atoms with Gasteiger partial charge in [0.25, 0.3) is 5.91 Å². The predicted molar refractivity (Wildman–Crippen MR) is 134 cm³/mol. The van der Waals surface area contributed by atoms with E-state index in [1.807, 2.05) is 39.6 Å². The molecule has 0 saturated carbocycles. The number of nitrogens with zero attached hydrogens (tertiary/aromatic N) is 6. The molecule has 0 aliphatic carbocycles. The molecule has 1 N–H and O–H groups in total. The molecule has 2 aromatic rings. The molecule has 3 aliphatic rings. The molecule has 1 aromatic carbocycles. The van der Waals surface area contributed by atoms with Gasteiger partial charge in [0.05, 0.1) is 46.5 Å². The van der Waals surface area contributed by atoms with Gasteiger partial charge in [-0.1, -0.05) is 30.2 Å². The normalized spacial score (nSPS) is 28.5. The van der Waals surface area contributed by atoms with Crippen molar-refractivity contribution in [3.05, 3.63) is 46.1 Å². The van der Waals surface area contributed by atoms with E-state index in [1.54, 1.807) is 6.07 Å². The van der Waals surface area contributed by atoms with Crippen LogP contribution < -0.4 is 0 Å². The topological polar surface area (TPSA) is 97.8 Å². The van der Waals surface area contributed by atoms with Crippen LogP contribution in [-0.2, 0) is 0 Å². The summed E-state index contributed by atoms with van der Waals surface area (Å²) in [5.74, 6) is 1.25. The molecular formula is C26H31ClN6O2. The lowest BCUT2D eigenvalue weighted by molar-refractivity contribution is 0.0605. The third-order valence-electron chi connectivity index (χ3n) is 7.72. The molecule has 3 aliphatic heterocycles. The van der Waals surface area contributed by atoms with E-state index in [0.717, 1.165) is 42.2 Å². The van der Waals surface area contributed by atoms with Crippen molar-refractivity contribution in [3.63, 3.8) is 0 Å². The van der Waals surface area contributed by atoms with Crippen molar-refractivity contribution >= 4 is 29.2 Å². The summed E-state index contributed by atoms with van der Waals surface area (Å²) >= 11 is 6.40. The predicted octanol–water partition coefficient (Wildman–Crippen LogP) is 4.27. The highest BCUT2D eigenvalue weighted by atomic mass is 35.5. The maximum Gasteiger partial charge on any atom is 0.255 e. The first-order valence-electron chi connectivity index (χ1n) is 12.4. The molecule has 0 spiro atoms. The lowest BCUT2D eigenvalue weighted by Gasteiger charge is -2.35. The number of aliphatic imine (C=N–C) groups is 1. The first-order chi connectivity index (χ1) is 16.8. The van der Waals surface area contributed by atoms with Gasteiger partial charge in [0, 0.05) is 31.6 Å². The van der Waals surface area contributed by atoms with Crippen LogP contribution >= 0.6 is 11.6 Å². The van der Waals surface area contributed by atoms with Crippen LogP contribution in [0, 0.1) is 30.1 Å². The molecule has 4 heterocycles. The summed E-state index contributed by atoms with van der Waals surface area (Å²) in [5.41, 5.74) is 2.38. The summed E-state index contributed by atoms with van der Waals surface area (Å²) in [7, 11) is 0. The lowest BCUT2D eigenvalue weighted by Crippen LogP contribution is -2.40. The Kier molecular flexibility index (Phi) is 6.32. The number of rotatable bonds is 2.